The van der Waals surface area contributed by atoms with E-state index in [1.54, 1.807) is 0 Å². The molecule has 1 saturated carbocycles. The van der Waals surface area contributed by atoms with Crippen molar-refractivity contribution >= 4 is 23.7 Å². The summed E-state index contributed by atoms with van der Waals surface area (Å²) in [6.45, 7) is 0. The molecule has 0 atom stereocenters. The molecule has 8 heteroatoms. The minimum Gasteiger partial charge on any atom is -0.502 e. The lowest BCUT2D eigenvalue weighted by atomic mass is 10.1. The van der Waals surface area contributed by atoms with Gasteiger partial charge in [-0.15, -0.1) is 0 Å². The molecule has 0 aromatic heterocycles. The fourth-order valence-electron chi connectivity index (χ4n) is 2.73. The molecular weight excluding hydrogens is 306 g/mol. The first-order valence-corrected chi connectivity index (χ1v) is 7.06. The van der Waals surface area contributed by atoms with Crippen molar-refractivity contribution in [2.45, 2.75) is 31.5 Å². The van der Waals surface area contributed by atoms with Crippen molar-refractivity contribution < 1.29 is 29.1 Å². The van der Waals surface area contributed by atoms with Gasteiger partial charge in [-0.3, -0.25) is 10.1 Å². The van der Waals surface area contributed by atoms with Crippen LogP contribution in [0.15, 0.2) is 23.8 Å². The fraction of sp³-hybridized carbons (Fsp3) is 0.333. The first-order valence-electron chi connectivity index (χ1n) is 7.06. The minimum atomic E-state index is -1.16. The van der Waals surface area contributed by atoms with E-state index in [0.717, 1.165) is 31.1 Å². The highest BCUT2D eigenvalue weighted by Gasteiger charge is 2.47. The summed E-state index contributed by atoms with van der Waals surface area (Å²) in [6.07, 6.45) is 3.72. The smallest absolute Gasteiger partial charge is 0.348 e. The van der Waals surface area contributed by atoms with E-state index >= 15 is 0 Å². The molecule has 0 unspecified atom stereocenters. The highest BCUT2D eigenvalue weighted by atomic mass is 16.7. The van der Waals surface area contributed by atoms with Crippen LogP contribution in [0.1, 0.15) is 31.2 Å². The van der Waals surface area contributed by atoms with E-state index in [4.69, 9.17) is 9.47 Å². The fourth-order valence-corrected chi connectivity index (χ4v) is 2.73. The van der Waals surface area contributed by atoms with E-state index in [-0.39, 0.29) is 11.1 Å². The Labute approximate surface area is 130 Å². The molecule has 1 aliphatic carbocycles. The number of esters is 2. The molecule has 23 heavy (non-hydrogen) atoms. The molecule has 1 aromatic rings. The van der Waals surface area contributed by atoms with Gasteiger partial charge in [0.1, 0.15) is 5.57 Å². The Morgan fingerprint density at radius 3 is 2.35 bits per heavy atom. The van der Waals surface area contributed by atoms with E-state index < -0.39 is 34.1 Å². The van der Waals surface area contributed by atoms with E-state index in [0.29, 0.717) is 12.8 Å². The average molecular weight is 319 g/mol. The summed E-state index contributed by atoms with van der Waals surface area (Å²) in [7, 11) is 0. The summed E-state index contributed by atoms with van der Waals surface area (Å²) >= 11 is 0. The lowest BCUT2D eigenvalue weighted by molar-refractivity contribution is -0.385. The molecule has 2 aliphatic rings. The lowest BCUT2D eigenvalue weighted by Crippen LogP contribution is -2.44. The first-order chi connectivity index (χ1) is 10.9. The van der Waals surface area contributed by atoms with Gasteiger partial charge in [0.05, 0.1) is 4.92 Å². The molecule has 1 aliphatic heterocycles. The monoisotopic (exact) mass is 319 g/mol. The number of hydrogen-bond acceptors (Lipinski definition) is 7. The van der Waals surface area contributed by atoms with Gasteiger partial charge in [0, 0.05) is 18.9 Å². The summed E-state index contributed by atoms with van der Waals surface area (Å²) in [5, 5.41) is 20.2. The Balaban J connectivity index is 1.91. The molecule has 1 heterocycles. The second-order valence-corrected chi connectivity index (χ2v) is 5.46. The van der Waals surface area contributed by atoms with Crippen LogP contribution in [0.25, 0.3) is 6.08 Å². The number of phenolic OH excluding ortho intramolecular Hbond substituents is 1. The number of rotatable bonds is 2. The van der Waals surface area contributed by atoms with Gasteiger partial charge in [-0.25, -0.2) is 9.59 Å². The molecular formula is C15H13NO7. The zero-order valence-corrected chi connectivity index (χ0v) is 12.0. The summed E-state index contributed by atoms with van der Waals surface area (Å²) in [5.41, 5.74) is -0.646. The molecule has 1 aromatic carbocycles. The van der Waals surface area contributed by atoms with E-state index in [2.05, 4.69) is 0 Å². The predicted molar refractivity (Wildman–Crippen MR) is 76.1 cm³/mol. The number of nitrogens with zero attached hydrogens (tertiary/aromatic N) is 1. The van der Waals surface area contributed by atoms with Gasteiger partial charge in [-0.1, -0.05) is 6.07 Å². The average Bonchev–Trinajstić information content (AvgIpc) is 2.92. The Morgan fingerprint density at radius 1 is 1.17 bits per heavy atom. The van der Waals surface area contributed by atoms with E-state index in [1.165, 1.54) is 6.07 Å². The number of ether oxygens (including phenoxy) is 2. The van der Waals surface area contributed by atoms with Crippen LogP contribution in [0.2, 0.25) is 0 Å². The molecule has 2 fully saturated rings. The number of carbonyl (C=O) groups excluding carboxylic acids is 2. The third-order valence-electron chi connectivity index (χ3n) is 3.87. The van der Waals surface area contributed by atoms with Crippen LogP contribution in [0, 0.1) is 10.1 Å². The number of hydrogen-bond donors (Lipinski definition) is 1. The maximum Gasteiger partial charge on any atom is 0.348 e. The number of benzene rings is 1. The van der Waals surface area contributed by atoms with Crippen LogP contribution in [0.5, 0.6) is 5.75 Å². The zero-order valence-electron chi connectivity index (χ0n) is 12.0. The van der Waals surface area contributed by atoms with Crippen LogP contribution in [-0.2, 0) is 19.1 Å². The number of phenols is 1. The summed E-state index contributed by atoms with van der Waals surface area (Å²) in [6, 6.07) is 3.52. The van der Waals surface area contributed by atoms with Gasteiger partial charge in [0.25, 0.3) is 5.79 Å². The molecule has 1 N–H and O–H groups in total. The van der Waals surface area contributed by atoms with Crippen LogP contribution < -0.4 is 0 Å². The van der Waals surface area contributed by atoms with Gasteiger partial charge in [0.2, 0.25) is 0 Å². The van der Waals surface area contributed by atoms with Crippen molar-refractivity contribution in [3.05, 3.63) is 39.4 Å². The standard InChI is InChI=1S/C15H13NO7/c17-12-4-3-9(8-11(12)16(20)21)7-10-13(18)22-15(23-14(10)19)5-1-2-6-15/h3-4,7-8,17H,1-2,5-6H2. The van der Waals surface area contributed by atoms with Crippen molar-refractivity contribution in [3.63, 3.8) is 0 Å². The first kappa shape index (κ1) is 15.0. The second-order valence-electron chi connectivity index (χ2n) is 5.46. The Bertz CT molecular complexity index is 709. The normalized spacial score (nSPS) is 19.4. The number of nitro benzene ring substituents is 1. The number of carbonyl (C=O) groups is 2. The molecule has 0 amide bonds. The third kappa shape index (κ3) is 2.75. The van der Waals surface area contributed by atoms with Crippen molar-refractivity contribution in [2.75, 3.05) is 0 Å². The molecule has 1 spiro atoms. The van der Waals surface area contributed by atoms with Crippen LogP contribution in [0.3, 0.4) is 0 Å². The Hall–Kier alpha value is -2.90. The minimum absolute atomic E-state index is 0.209. The van der Waals surface area contributed by atoms with Gasteiger partial charge in [-0.2, -0.15) is 0 Å². The van der Waals surface area contributed by atoms with E-state index in [9.17, 15) is 24.8 Å². The SMILES string of the molecule is O=C1OC2(CCCC2)OC(=O)C1=Cc1ccc(O)c([N+](=O)[O-])c1. The Kier molecular flexibility index (Phi) is 3.51. The van der Waals surface area contributed by atoms with Gasteiger partial charge < -0.3 is 14.6 Å². The number of aromatic hydroxyl groups is 1. The lowest BCUT2D eigenvalue weighted by Gasteiger charge is -2.32. The highest BCUT2D eigenvalue weighted by Crippen LogP contribution is 2.39. The summed E-state index contributed by atoms with van der Waals surface area (Å²) in [4.78, 5) is 34.2. The summed E-state index contributed by atoms with van der Waals surface area (Å²) < 4.78 is 10.5. The number of nitro groups is 1. The van der Waals surface area contributed by atoms with Crippen molar-refractivity contribution in [2.24, 2.45) is 0 Å². The molecule has 1 saturated heterocycles. The quantitative estimate of drug-likeness (QED) is 0.291. The molecule has 8 nitrogen and oxygen atoms in total. The zero-order chi connectivity index (χ0) is 16.6. The molecule has 0 bridgehead atoms. The molecule has 3 rings (SSSR count). The molecule has 120 valence electrons. The van der Waals surface area contributed by atoms with Crippen molar-refractivity contribution in [3.8, 4) is 5.75 Å². The van der Waals surface area contributed by atoms with Gasteiger partial charge in [0.15, 0.2) is 5.75 Å². The largest absolute Gasteiger partial charge is 0.502 e. The van der Waals surface area contributed by atoms with Crippen molar-refractivity contribution in [1.29, 1.82) is 0 Å². The maximum atomic E-state index is 12.1. The van der Waals surface area contributed by atoms with Gasteiger partial charge in [-0.05, 0) is 30.5 Å². The predicted octanol–water partition coefficient (Wildman–Crippen LogP) is 2.05. The van der Waals surface area contributed by atoms with Crippen LogP contribution >= 0.6 is 0 Å². The summed E-state index contributed by atoms with van der Waals surface area (Å²) in [5.74, 6) is -3.28. The van der Waals surface area contributed by atoms with Crippen LogP contribution in [0.4, 0.5) is 5.69 Å². The van der Waals surface area contributed by atoms with E-state index in [1.807, 2.05) is 0 Å². The molecule has 0 radical (unpaired) electrons. The second kappa shape index (κ2) is 5.38. The third-order valence-corrected chi connectivity index (χ3v) is 3.87. The van der Waals surface area contributed by atoms with Gasteiger partial charge >= 0.3 is 17.6 Å². The highest BCUT2D eigenvalue weighted by molar-refractivity contribution is 6.18. The topological polar surface area (TPSA) is 116 Å². The maximum absolute atomic E-state index is 12.1. The van der Waals surface area contributed by atoms with Crippen LogP contribution in [-0.4, -0.2) is 27.8 Å². The van der Waals surface area contributed by atoms with Crippen molar-refractivity contribution in [1.82, 2.24) is 0 Å². The Morgan fingerprint density at radius 2 is 1.78 bits per heavy atom.